The van der Waals surface area contributed by atoms with E-state index in [-0.39, 0.29) is 23.9 Å². The first-order chi connectivity index (χ1) is 11.6. The maximum absolute atomic E-state index is 12.5. The van der Waals surface area contributed by atoms with E-state index in [1.54, 1.807) is 38.5 Å². The summed E-state index contributed by atoms with van der Waals surface area (Å²) in [7, 11) is 3.19. The van der Waals surface area contributed by atoms with E-state index in [0.717, 1.165) is 12.8 Å². The van der Waals surface area contributed by atoms with Crippen LogP contribution in [0.25, 0.3) is 0 Å². The summed E-state index contributed by atoms with van der Waals surface area (Å²) in [5.74, 6) is -0.547. The lowest BCUT2D eigenvalue weighted by atomic mass is 10.0. The maximum atomic E-state index is 12.5. The van der Waals surface area contributed by atoms with E-state index in [9.17, 15) is 9.59 Å². The molecule has 0 spiro atoms. The third-order valence-corrected chi connectivity index (χ3v) is 3.81. The van der Waals surface area contributed by atoms with Gasteiger partial charge in [0.15, 0.2) is 0 Å². The van der Waals surface area contributed by atoms with Crippen molar-refractivity contribution in [1.82, 2.24) is 10.6 Å². The Bertz CT molecular complexity index is 487. The Balaban J connectivity index is 2.90. The number of amides is 2. The summed E-state index contributed by atoms with van der Waals surface area (Å²) in [5.41, 5.74) is 0.716. The van der Waals surface area contributed by atoms with Crippen molar-refractivity contribution < 1.29 is 19.1 Å². The van der Waals surface area contributed by atoms with Gasteiger partial charge in [-0.15, -0.1) is 0 Å². The zero-order valence-electron chi connectivity index (χ0n) is 14.9. The molecule has 0 saturated carbocycles. The minimum Gasteiger partial charge on any atom is -0.383 e. The molecule has 24 heavy (non-hydrogen) atoms. The van der Waals surface area contributed by atoms with Crippen molar-refractivity contribution >= 4 is 11.8 Å². The van der Waals surface area contributed by atoms with Gasteiger partial charge in [-0.2, -0.15) is 0 Å². The second-order valence-electron chi connectivity index (χ2n) is 5.61. The lowest BCUT2D eigenvalue weighted by molar-refractivity contribution is 0.0861. The van der Waals surface area contributed by atoms with Crippen molar-refractivity contribution in [2.75, 3.05) is 27.4 Å². The van der Waals surface area contributed by atoms with Gasteiger partial charge < -0.3 is 20.1 Å². The Morgan fingerprint density at radius 3 is 1.54 bits per heavy atom. The highest BCUT2D eigenvalue weighted by Gasteiger charge is 2.20. The molecule has 2 N–H and O–H groups in total. The number of hydrogen-bond donors (Lipinski definition) is 2. The molecule has 0 aromatic heterocycles. The van der Waals surface area contributed by atoms with E-state index in [1.165, 1.54) is 0 Å². The molecule has 0 radical (unpaired) electrons. The van der Waals surface area contributed by atoms with Gasteiger partial charge in [0.25, 0.3) is 11.8 Å². The monoisotopic (exact) mass is 336 g/mol. The summed E-state index contributed by atoms with van der Waals surface area (Å²) >= 11 is 0. The van der Waals surface area contributed by atoms with Crippen LogP contribution in [-0.2, 0) is 9.47 Å². The Hall–Kier alpha value is -1.92. The molecule has 134 valence electrons. The SMILES string of the molecule is CC[C@H](COC)NC(=O)c1ccccc1C(=O)N[C@@H](CC)COC. The predicted octanol–water partition coefficient (Wildman–Crippen LogP) is 2.00. The van der Waals surface area contributed by atoms with Crippen molar-refractivity contribution in [2.24, 2.45) is 0 Å². The van der Waals surface area contributed by atoms with Crippen molar-refractivity contribution in [3.8, 4) is 0 Å². The fraction of sp³-hybridized carbons (Fsp3) is 0.556. The second kappa shape index (κ2) is 10.8. The molecule has 1 aromatic rings. The van der Waals surface area contributed by atoms with Gasteiger partial charge in [-0.3, -0.25) is 9.59 Å². The Kier molecular flexibility index (Phi) is 9.04. The molecule has 6 heteroatoms. The predicted molar refractivity (Wildman–Crippen MR) is 93.3 cm³/mol. The lowest BCUT2D eigenvalue weighted by Gasteiger charge is -2.19. The molecule has 0 fully saturated rings. The standard InChI is InChI=1S/C18H28N2O4/c1-5-13(11-23-3)19-17(21)15-9-7-8-10-16(15)18(22)20-14(6-2)12-24-4/h7-10,13-14H,5-6,11-12H2,1-4H3,(H,19,21)(H,20,22)/t13-,14+. The number of nitrogens with one attached hydrogen (secondary N) is 2. The van der Waals surface area contributed by atoms with Crippen LogP contribution < -0.4 is 10.6 Å². The van der Waals surface area contributed by atoms with Crippen LogP contribution in [0.15, 0.2) is 24.3 Å². The quantitative estimate of drug-likeness (QED) is 0.685. The number of carbonyl (C=O) groups excluding carboxylic acids is 2. The van der Waals surface area contributed by atoms with Crippen molar-refractivity contribution in [3.05, 3.63) is 35.4 Å². The minimum atomic E-state index is -0.274. The number of carbonyl (C=O) groups is 2. The van der Waals surface area contributed by atoms with E-state index in [1.807, 2.05) is 13.8 Å². The summed E-state index contributed by atoms with van der Waals surface area (Å²) in [6.07, 6.45) is 1.50. The van der Waals surface area contributed by atoms with Crippen LogP contribution in [0.4, 0.5) is 0 Å². The largest absolute Gasteiger partial charge is 0.383 e. The van der Waals surface area contributed by atoms with Gasteiger partial charge in [0, 0.05) is 14.2 Å². The molecule has 6 nitrogen and oxygen atoms in total. The van der Waals surface area contributed by atoms with Gasteiger partial charge in [0.05, 0.1) is 36.4 Å². The molecular weight excluding hydrogens is 308 g/mol. The number of rotatable bonds is 10. The summed E-state index contributed by atoms with van der Waals surface area (Å²) in [6, 6.07) is 6.62. The first kappa shape index (κ1) is 20.1. The number of benzene rings is 1. The minimum absolute atomic E-state index is 0.0875. The van der Waals surface area contributed by atoms with E-state index in [0.29, 0.717) is 24.3 Å². The summed E-state index contributed by atoms with van der Waals surface area (Å²) in [5, 5.41) is 5.81. The lowest BCUT2D eigenvalue weighted by Crippen LogP contribution is -2.40. The van der Waals surface area contributed by atoms with Crippen molar-refractivity contribution in [3.63, 3.8) is 0 Å². The third kappa shape index (κ3) is 5.94. The van der Waals surface area contributed by atoms with Crippen LogP contribution in [0.2, 0.25) is 0 Å². The van der Waals surface area contributed by atoms with Crippen LogP contribution in [-0.4, -0.2) is 51.3 Å². The fourth-order valence-electron chi connectivity index (χ4n) is 2.33. The van der Waals surface area contributed by atoms with Crippen LogP contribution in [0.5, 0.6) is 0 Å². The number of hydrogen-bond acceptors (Lipinski definition) is 4. The Labute approximate surface area is 143 Å². The zero-order valence-corrected chi connectivity index (χ0v) is 14.9. The van der Waals surface area contributed by atoms with E-state index in [2.05, 4.69) is 10.6 Å². The summed E-state index contributed by atoms with van der Waals surface area (Å²) in [6.45, 7) is 4.81. The fourth-order valence-corrected chi connectivity index (χ4v) is 2.33. The Morgan fingerprint density at radius 2 is 1.25 bits per heavy atom. The summed E-state index contributed by atoms with van der Waals surface area (Å²) < 4.78 is 10.2. The highest BCUT2D eigenvalue weighted by molar-refractivity contribution is 6.07. The van der Waals surface area contributed by atoms with Gasteiger partial charge in [0.1, 0.15) is 0 Å². The average molecular weight is 336 g/mol. The molecule has 2 atom stereocenters. The first-order valence-electron chi connectivity index (χ1n) is 8.25. The maximum Gasteiger partial charge on any atom is 0.252 e. The summed E-state index contributed by atoms with van der Waals surface area (Å²) in [4.78, 5) is 25.0. The van der Waals surface area contributed by atoms with Crippen LogP contribution in [0.1, 0.15) is 47.4 Å². The molecule has 1 rings (SSSR count). The topological polar surface area (TPSA) is 76.7 Å². The van der Waals surface area contributed by atoms with E-state index >= 15 is 0 Å². The normalized spacial score (nSPS) is 13.2. The van der Waals surface area contributed by atoms with Gasteiger partial charge in [-0.25, -0.2) is 0 Å². The first-order valence-corrected chi connectivity index (χ1v) is 8.25. The highest BCUT2D eigenvalue weighted by atomic mass is 16.5. The third-order valence-electron chi connectivity index (χ3n) is 3.81. The molecule has 2 amide bonds. The number of ether oxygens (including phenoxy) is 2. The van der Waals surface area contributed by atoms with Crippen molar-refractivity contribution in [1.29, 1.82) is 0 Å². The number of methoxy groups -OCH3 is 2. The molecule has 0 unspecified atom stereocenters. The molecular formula is C18H28N2O4. The molecule has 0 aliphatic heterocycles. The van der Waals surface area contributed by atoms with Gasteiger partial charge in [0.2, 0.25) is 0 Å². The molecule has 0 heterocycles. The van der Waals surface area contributed by atoms with Crippen molar-refractivity contribution in [2.45, 2.75) is 38.8 Å². The zero-order chi connectivity index (χ0) is 17.9. The van der Waals surface area contributed by atoms with Gasteiger partial charge >= 0.3 is 0 Å². The van der Waals surface area contributed by atoms with E-state index in [4.69, 9.17) is 9.47 Å². The van der Waals surface area contributed by atoms with Crippen LogP contribution in [0.3, 0.4) is 0 Å². The van der Waals surface area contributed by atoms with Gasteiger partial charge in [-0.1, -0.05) is 26.0 Å². The Morgan fingerprint density at radius 1 is 0.875 bits per heavy atom. The average Bonchev–Trinajstić information content (AvgIpc) is 2.60. The molecule has 0 saturated heterocycles. The molecule has 0 aliphatic carbocycles. The van der Waals surface area contributed by atoms with Crippen LogP contribution >= 0.6 is 0 Å². The molecule has 0 bridgehead atoms. The highest BCUT2D eigenvalue weighted by Crippen LogP contribution is 2.10. The molecule has 1 aromatic carbocycles. The smallest absolute Gasteiger partial charge is 0.252 e. The van der Waals surface area contributed by atoms with Gasteiger partial charge in [-0.05, 0) is 25.0 Å². The second-order valence-corrected chi connectivity index (χ2v) is 5.61. The molecule has 0 aliphatic rings. The van der Waals surface area contributed by atoms with Crippen LogP contribution in [0, 0.1) is 0 Å². The van der Waals surface area contributed by atoms with E-state index < -0.39 is 0 Å².